The molecule has 0 radical (unpaired) electrons. The van der Waals surface area contributed by atoms with E-state index in [1.165, 1.54) is 37.8 Å². The second-order valence-electron chi connectivity index (χ2n) is 3.70. The third kappa shape index (κ3) is 5.73. The minimum absolute atomic E-state index is 0.687. The second kappa shape index (κ2) is 8.15. The molecule has 0 aliphatic heterocycles. The van der Waals surface area contributed by atoms with Gasteiger partial charge in [0.1, 0.15) is 0 Å². The van der Waals surface area contributed by atoms with Crippen LogP contribution in [0.25, 0.3) is 0 Å². The van der Waals surface area contributed by atoms with E-state index in [-0.39, 0.29) is 0 Å². The fraction of sp³-hybridized carbons (Fsp3) is 0.833. The molecular formula is C12H25N. The highest BCUT2D eigenvalue weighted by atomic mass is 14.9. The molecule has 1 heteroatoms. The van der Waals surface area contributed by atoms with Crippen molar-refractivity contribution in [1.82, 2.24) is 5.32 Å². The van der Waals surface area contributed by atoms with Crippen LogP contribution in [0.4, 0.5) is 0 Å². The minimum Gasteiger partial charge on any atom is -0.389 e. The SMILES string of the molecule is C=C(NCCC)[C@@H](CC)CCCC. The van der Waals surface area contributed by atoms with Gasteiger partial charge in [0.05, 0.1) is 0 Å². The summed E-state index contributed by atoms with van der Waals surface area (Å²) < 4.78 is 0. The molecule has 0 aromatic carbocycles. The van der Waals surface area contributed by atoms with Crippen molar-refractivity contribution in [3.8, 4) is 0 Å². The molecule has 1 nitrogen and oxygen atoms in total. The van der Waals surface area contributed by atoms with E-state index >= 15 is 0 Å². The van der Waals surface area contributed by atoms with Crippen LogP contribution < -0.4 is 5.32 Å². The molecule has 78 valence electrons. The van der Waals surface area contributed by atoms with Crippen molar-refractivity contribution in [1.29, 1.82) is 0 Å². The van der Waals surface area contributed by atoms with Gasteiger partial charge in [0.25, 0.3) is 0 Å². The van der Waals surface area contributed by atoms with Gasteiger partial charge in [-0.2, -0.15) is 0 Å². The summed E-state index contributed by atoms with van der Waals surface area (Å²) in [7, 11) is 0. The van der Waals surface area contributed by atoms with Crippen LogP contribution >= 0.6 is 0 Å². The first kappa shape index (κ1) is 12.5. The lowest BCUT2D eigenvalue weighted by atomic mass is 9.96. The Labute approximate surface area is 83.6 Å². The number of unbranched alkanes of at least 4 members (excludes halogenated alkanes) is 1. The van der Waals surface area contributed by atoms with E-state index in [1.807, 2.05) is 0 Å². The molecule has 0 aliphatic rings. The Hall–Kier alpha value is -0.460. The van der Waals surface area contributed by atoms with Crippen molar-refractivity contribution in [2.24, 2.45) is 5.92 Å². The number of rotatable bonds is 8. The number of hydrogen-bond acceptors (Lipinski definition) is 1. The molecule has 0 rings (SSSR count). The van der Waals surface area contributed by atoms with Crippen LogP contribution in [0.5, 0.6) is 0 Å². The van der Waals surface area contributed by atoms with Crippen LogP contribution in [0, 0.1) is 5.92 Å². The van der Waals surface area contributed by atoms with E-state index in [2.05, 4.69) is 32.7 Å². The van der Waals surface area contributed by atoms with Crippen LogP contribution in [0.2, 0.25) is 0 Å². The van der Waals surface area contributed by atoms with E-state index in [0.717, 1.165) is 6.54 Å². The third-order valence-electron chi connectivity index (χ3n) is 2.49. The minimum atomic E-state index is 0.687. The quantitative estimate of drug-likeness (QED) is 0.605. The molecule has 0 aliphatic carbocycles. The maximum atomic E-state index is 4.11. The van der Waals surface area contributed by atoms with Crippen molar-refractivity contribution < 1.29 is 0 Å². The lowest BCUT2D eigenvalue weighted by Crippen LogP contribution is -2.19. The highest BCUT2D eigenvalue weighted by molar-refractivity contribution is 4.97. The molecule has 1 N–H and O–H groups in total. The largest absolute Gasteiger partial charge is 0.389 e. The molecule has 0 spiro atoms. The summed E-state index contributed by atoms with van der Waals surface area (Å²) in [6.45, 7) is 11.9. The Morgan fingerprint density at radius 3 is 2.38 bits per heavy atom. The molecule has 0 aromatic rings. The van der Waals surface area contributed by atoms with Crippen molar-refractivity contribution in [2.45, 2.75) is 52.9 Å². The van der Waals surface area contributed by atoms with Crippen molar-refractivity contribution in [3.05, 3.63) is 12.3 Å². The van der Waals surface area contributed by atoms with Gasteiger partial charge in [0.15, 0.2) is 0 Å². The van der Waals surface area contributed by atoms with Gasteiger partial charge in [0.2, 0.25) is 0 Å². The van der Waals surface area contributed by atoms with Crippen LogP contribution in [0.1, 0.15) is 52.9 Å². The Kier molecular flexibility index (Phi) is 7.86. The van der Waals surface area contributed by atoms with Gasteiger partial charge in [0, 0.05) is 12.2 Å². The zero-order chi connectivity index (χ0) is 10.1. The lowest BCUT2D eigenvalue weighted by molar-refractivity contribution is 0.484. The van der Waals surface area contributed by atoms with E-state index in [1.54, 1.807) is 0 Å². The summed E-state index contributed by atoms with van der Waals surface area (Å²) in [6.07, 6.45) is 6.31. The fourth-order valence-corrected chi connectivity index (χ4v) is 1.51. The topological polar surface area (TPSA) is 12.0 Å². The summed E-state index contributed by atoms with van der Waals surface area (Å²) in [6, 6.07) is 0. The summed E-state index contributed by atoms with van der Waals surface area (Å²) >= 11 is 0. The fourth-order valence-electron chi connectivity index (χ4n) is 1.51. The maximum absolute atomic E-state index is 4.11. The van der Waals surface area contributed by atoms with Gasteiger partial charge in [-0.3, -0.25) is 0 Å². The zero-order valence-electron chi connectivity index (χ0n) is 9.53. The monoisotopic (exact) mass is 183 g/mol. The van der Waals surface area contributed by atoms with Crippen molar-refractivity contribution >= 4 is 0 Å². The second-order valence-corrected chi connectivity index (χ2v) is 3.70. The first-order chi connectivity index (χ1) is 6.26. The highest BCUT2D eigenvalue weighted by Gasteiger charge is 2.08. The average Bonchev–Trinajstić information content (AvgIpc) is 2.16. The van der Waals surface area contributed by atoms with Crippen molar-refractivity contribution in [3.63, 3.8) is 0 Å². The van der Waals surface area contributed by atoms with Gasteiger partial charge in [-0.25, -0.2) is 0 Å². The van der Waals surface area contributed by atoms with Gasteiger partial charge in [-0.1, -0.05) is 40.2 Å². The van der Waals surface area contributed by atoms with E-state index in [4.69, 9.17) is 0 Å². The Bertz CT molecular complexity index is 129. The lowest BCUT2D eigenvalue weighted by Gasteiger charge is -2.18. The highest BCUT2D eigenvalue weighted by Crippen LogP contribution is 2.18. The summed E-state index contributed by atoms with van der Waals surface area (Å²) in [5, 5.41) is 3.40. The molecular weight excluding hydrogens is 158 g/mol. The molecule has 1 atom stereocenters. The average molecular weight is 183 g/mol. The standard InChI is InChI=1S/C12H25N/c1-5-8-9-12(7-3)11(4)13-10-6-2/h12-13H,4-10H2,1-3H3/t12-/m0/s1. The molecule has 0 aromatic heterocycles. The van der Waals surface area contributed by atoms with Crippen LogP contribution in [0.15, 0.2) is 12.3 Å². The Morgan fingerprint density at radius 1 is 1.23 bits per heavy atom. The maximum Gasteiger partial charge on any atom is 0.0141 e. The van der Waals surface area contributed by atoms with E-state index in [0.29, 0.717) is 5.92 Å². The Morgan fingerprint density at radius 2 is 1.92 bits per heavy atom. The van der Waals surface area contributed by atoms with Crippen LogP contribution in [-0.2, 0) is 0 Å². The van der Waals surface area contributed by atoms with Crippen molar-refractivity contribution in [2.75, 3.05) is 6.54 Å². The smallest absolute Gasteiger partial charge is 0.0141 e. The molecule has 0 saturated carbocycles. The van der Waals surface area contributed by atoms with Crippen LogP contribution in [0.3, 0.4) is 0 Å². The predicted octanol–water partition coefficient (Wildman–Crippen LogP) is 3.72. The zero-order valence-corrected chi connectivity index (χ0v) is 9.53. The Balaban J connectivity index is 3.71. The van der Waals surface area contributed by atoms with Gasteiger partial charge in [-0.05, 0) is 25.2 Å². The normalized spacial score (nSPS) is 12.5. The van der Waals surface area contributed by atoms with Crippen LogP contribution in [-0.4, -0.2) is 6.54 Å². The summed E-state index contributed by atoms with van der Waals surface area (Å²) in [5.41, 5.74) is 1.25. The molecule has 13 heavy (non-hydrogen) atoms. The molecule has 0 fully saturated rings. The van der Waals surface area contributed by atoms with Gasteiger partial charge in [-0.15, -0.1) is 0 Å². The summed E-state index contributed by atoms with van der Waals surface area (Å²) in [5.74, 6) is 0.687. The third-order valence-corrected chi connectivity index (χ3v) is 2.49. The predicted molar refractivity (Wildman–Crippen MR) is 60.7 cm³/mol. The van der Waals surface area contributed by atoms with E-state index in [9.17, 15) is 0 Å². The molecule has 0 amide bonds. The number of hydrogen-bond donors (Lipinski definition) is 1. The van der Waals surface area contributed by atoms with Gasteiger partial charge < -0.3 is 5.32 Å². The number of nitrogens with one attached hydrogen (secondary N) is 1. The first-order valence-corrected chi connectivity index (χ1v) is 5.68. The molecule has 0 bridgehead atoms. The number of allylic oxidation sites excluding steroid dienone is 1. The molecule has 0 unspecified atom stereocenters. The van der Waals surface area contributed by atoms with Gasteiger partial charge >= 0.3 is 0 Å². The molecule has 0 saturated heterocycles. The molecule has 0 heterocycles. The first-order valence-electron chi connectivity index (χ1n) is 5.68. The van der Waals surface area contributed by atoms with E-state index < -0.39 is 0 Å². The summed E-state index contributed by atoms with van der Waals surface area (Å²) in [4.78, 5) is 0.